The third-order valence-electron chi connectivity index (χ3n) is 2.55. The number of amides is 2. The highest BCUT2D eigenvalue weighted by Gasteiger charge is 2.23. The Kier molecular flexibility index (Phi) is 4.77. The molecule has 0 bridgehead atoms. The fraction of sp³-hybridized carbons (Fsp3) is 0.0769. The van der Waals surface area contributed by atoms with Crippen molar-refractivity contribution in [2.75, 3.05) is 5.32 Å². The Labute approximate surface area is 128 Å². The number of rotatable bonds is 4. The number of carboxylic acids is 1. The molecule has 1 heterocycles. The van der Waals surface area contributed by atoms with Crippen molar-refractivity contribution in [2.45, 2.75) is 6.04 Å². The molecule has 1 unspecified atom stereocenters. The van der Waals surface area contributed by atoms with Crippen molar-refractivity contribution >= 4 is 40.6 Å². The van der Waals surface area contributed by atoms with Crippen LogP contribution in [0.15, 0.2) is 35.7 Å². The van der Waals surface area contributed by atoms with Crippen LogP contribution in [0, 0.1) is 5.82 Å². The summed E-state index contributed by atoms with van der Waals surface area (Å²) >= 11 is 6.97. The lowest BCUT2D eigenvalue weighted by atomic mass is 10.2. The molecule has 0 fully saturated rings. The number of para-hydroxylation sites is 1. The summed E-state index contributed by atoms with van der Waals surface area (Å²) in [6.07, 6.45) is 0. The number of aliphatic carboxylic acids is 1. The van der Waals surface area contributed by atoms with Gasteiger partial charge in [-0.15, -0.1) is 11.3 Å². The summed E-state index contributed by atoms with van der Waals surface area (Å²) in [5, 5.41) is 15.3. The highest BCUT2D eigenvalue weighted by atomic mass is 35.5. The second-order valence-corrected chi connectivity index (χ2v) is 5.37. The zero-order valence-electron chi connectivity index (χ0n) is 10.5. The van der Waals surface area contributed by atoms with E-state index in [9.17, 15) is 14.0 Å². The van der Waals surface area contributed by atoms with E-state index in [2.05, 4.69) is 10.6 Å². The van der Waals surface area contributed by atoms with E-state index in [-0.39, 0.29) is 10.7 Å². The minimum atomic E-state index is -1.22. The number of carbonyl (C=O) groups is 2. The van der Waals surface area contributed by atoms with Crippen LogP contribution in [-0.2, 0) is 4.79 Å². The summed E-state index contributed by atoms with van der Waals surface area (Å²) in [4.78, 5) is 23.5. The zero-order valence-corrected chi connectivity index (χ0v) is 12.0. The van der Waals surface area contributed by atoms with Gasteiger partial charge in [-0.3, -0.25) is 0 Å². The summed E-state index contributed by atoms with van der Waals surface area (Å²) in [7, 11) is 0. The smallest absolute Gasteiger partial charge is 0.331 e. The van der Waals surface area contributed by atoms with Gasteiger partial charge < -0.3 is 15.7 Å². The number of carboxylic acid groups (broad SMARTS) is 1. The number of nitrogens with one attached hydrogen (secondary N) is 2. The van der Waals surface area contributed by atoms with Crippen LogP contribution in [0.3, 0.4) is 0 Å². The lowest BCUT2D eigenvalue weighted by Crippen LogP contribution is -2.36. The van der Waals surface area contributed by atoms with Gasteiger partial charge in [-0.25, -0.2) is 14.0 Å². The molecule has 2 rings (SSSR count). The van der Waals surface area contributed by atoms with Gasteiger partial charge >= 0.3 is 12.0 Å². The average molecular weight is 329 g/mol. The van der Waals surface area contributed by atoms with Crippen molar-refractivity contribution in [1.29, 1.82) is 0 Å². The molecule has 2 amide bonds. The maximum absolute atomic E-state index is 13.5. The topological polar surface area (TPSA) is 78.4 Å². The predicted molar refractivity (Wildman–Crippen MR) is 78.3 cm³/mol. The molecule has 0 saturated carbocycles. The monoisotopic (exact) mass is 328 g/mol. The number of halogens is 2. The molecular formula is C13H10ClFN2O3S. The van der Waals surface area contributed by atoms with E-state index in [1.165, 1.54) is 23.5 Å². The minimum Gasteiger partial charge on any atom is -0.479 e. The SMILES string of the molecule is O=C(Nc1c(F)cccc1Cl)NC(C(=O)O)c1cccs1. The standard InChI is InChI=1S/C13H10ClFN2O3S/c14-7-3-1-4-8(15)10(7)16-13(20)17-11(12(18)19)9-5-2-6-21-9/h1-6,11H,(H,18,19)(H2,16,17,20). The van der Waals surface area contributed by atoms with E-state index < -0.39 is 23.9 Å². The molecule has 0 aliphatic heterocycles. The van der Waals surface area contributed by atoms with Crippen molar-refractivity contribution in [3.8, 4) is 0 Å². The second-order valence-electron chi connectivity index (χ2n) is 3.98. The van der Waals surface area contributed by atoms with Gasteiger partial charge in [-0.05, 0) is 23.6 Å². The zero-order chi connectivity index (χ0) is 15.4. The molecule has 1 aromatic heterocycles. The summed E-state index contributed by atoms with van der Waals surface area (Å²) in [6, 6.07) is 5.12. The Morgan fingerprint density at radius 1 is 1.29 bits per heavy atom. The number of benzene rings is 1. The molecule has 0 radical (unpaired) electrons. The van der Waals surface area contributed by atoms with E-state index in [1.807, 2.05) is 0 Å². The molecule has 0 aliphatic carbocycles. The van der Waals surface area contributed by atoms with Gasteiger partial charge in [-0.1, -0.05) is 23.7 Å². The predicted octanol–water partition coefficient (Wildman–Crippen LogP) is 3.49. The lowest BCUT2D eigenvalue weighted by Gasteiger charge is -2.14. The fourth-order valence-electron chi connectivity index (χ4n) is 1.61. The number of carbonyl (C=O) groups excluding carboxylic acids is 1. The van der Waals surface area contributed by atoms with Gasteiger partial charge in [0.25, 0.3) is 0 Å². The first-order chi connectivity index (χ1) is 9.99. The van der Waals surface area contributed by atoms with Crippen molar-refractivity contribution in [2.24, 2.45) is 0 Å². The van der Waals surface area contributed by atoms with E-state index >= 15 is 0 Å². The maximum Gasteiger partial charge on any atom is 0.331 e. The molecule has 0 saturated heterocycles. The van der Waals surface area contributed by atoms with E-state index in [0.29, 0.717) is 4.88 Å². The average Bonchev–Trinajstić information content (AvgIpc) is 2.94. The van der Waals surface area contributed by atoms with Crippen LogP contribution in [-0.4, -0.2) is 17.1 Å². The largest absolute Gasteiger partial charge is 0.479 e. The van der Waals surface area contributed by atoms with Crippen LogP contribution >= 0.6 is 22.9 Å². The van der Waals surface area contributed by atoms with E-state index in [0.717, 1.165) is 6.07 Å². The van der Waals surface area contributed by atoms with Crippen LogP contribution in [0.5, 0.6) is 0 Å². The molecule has 2 aromatic rings. The van der Waals surface area contributed by atoms with Gasteiger partial charge in [0.2, 0.25) is 0 Å². The maximum atomic E-state index is 13.5. The van der Waals surface area contributed by atoms with E-state index in [1.54, 1.807) is 17.5 Å². The summed E-state index contributed by atoms with van der Waals surface area (Å²) in [6.45, 7) is 0. The number of urea groups is 1. The Hall–Kier alpha value is -2.12. The van der Waals surface area contributed by atoms with Crippen LogP contribution in [0.25, 0.3) is 0 Å². The molecule has 1 atom stereocenters. The van der Waals surface area contributed by atoms with Crippen LogP contribution in [0.2, 0.25) is 5.02 Å². The van der Waals surface area contributed by atoms with Crippen LogP contribution < -0.4 is 10.6 Å². The first kappa shape index (κ1) is 15.3. The van der Waals surface area contributed by atoms with Crippen LogP contribution in [0.4, 0.5) is 14.9 Å². The second kappa shape index (κ2) is 6.55. The summed E-state index contributed by atoms with van der Waals surface area (Å²) in [5.74, 6) is -1.92. The Bertz CT molecular complexity index is 643. The molecule has 8 heteroatoms. The first-order valence-corrected chi connectivity index (χ1v) is 7.02. The third-order valence-corrected chi connectivity index (χ3v) is 3.80. The Balaban J connectivity index is 2.12. The van der Waals surface area contributed by atoms with Crippen molar-refractivity contribution < 1.29 is 19.1 Å². The number of hydrogen-bond donors (Lipinski definition) is 3. The third kappa shape index (κ3) is 3.71. The van der Waals surface area contributed by atoms with Gasteiger partial charge in [0.15, 0.2) is 6.04 Å². The van der Waals surface area contributed by atoms with Gasteiger partial charge in [0, 0.05) is 4.88 Å². The molecule has 1 aromatic carbocycles. The highest BCUT2D eigenvalue weighted by Crippen LogP contribution is 2.25. The Morgan fingerprint density at radius 3 is 2.62 bits per heavy atom. The van der Waals surface area contributed by atoms with Gasteiger partial charge in [-0.2, -0.15) is 0 Å². The minimum absolute atomic E-state index is 0.0214. The van der Waals surface area contributed by atoms with Gasteiger partial charge in [0.05, 0.1) is 10.7 Å². The van der Waals surface area contributed by atoms with E-state index in [4.69, 9.17) is 16.7 Å². The van der Waals surface area contributed by atoms with Gasteiger partial charge in [0.1, 0.15) is 5.82 Å². The van der Waals surface area contributed by atoms with Crippen molar-refractivity contribution in [3.05, 3.63) is 51.4 Å². The van der Waals surface area contributed by atoms with Crippen LogP contribution in [0.1, 0.15) is 10.9 Å². The molecule has 5 nitrogen and oxygen atoms in total. The highest BCUT2D eigenvalue weighted by molar-refractivity contribution is 7.10. The van der Waals surface area contributed by atoms with Crippen molar-refractivity contribution in [1.82, 2.24) is 5.32 Å². The molecule has 0 spiro atoms. The summed E-state index contributed by atoms with van der Waals surface area (Å²) in [5.41, 5.74) is -0.202. The summed E-state index contributed by atoms with van der Waals surface area (Å²) < 4.78 is 13.5. The van der Waals surface area contributed by atoms with Crippen molar-refractivity contribution in [3.63, 3.8) is 0 Å². The Morgan fingerprint density at radius 2 is 2.05 bits per heavy atom. The molecule has 3 N–H and O–H groups in total. The fourth-order valence-corrected chi connectivity index (χ4v) is 2.59. The molecular weight excluding hydrogens is 319 g/mol. The normalized spacial score (nSPS) is 11.7. The molecule has 0 aliphatic rings. The number of hydrogen-bond acceptors (Lipinski definition) is 3. The quantitative estimate of drug-likeness (QED) is 0.804. The number of thiophene rings is 1. The molecule has 110 valence electrons. The lowest BCUT2D eigenvalue weighted by molar-refractivity contribution is -0.139. The first-order valence-electron chi connectivity index (χ1n) is 5.77. The molecule has 21 heavy (non-hydrogen) atoms. The number of anilines is 1.